The summed E-state index contributed by atoms with van der Waals surface area (Å²) in [5.41, 5.74) is -0.348. The molecule has 2 fully saturated rings. The molecular weight excluding hydrogens is 407 g/mol. The minimum atomic E-state index is -0.619. The molecule has 2 aliphatic heterocycles. The molecule has 0 aromatic heterocycles. The molecule has 0 radical (unpaired) electrons. The SMILES string of the molecule is Cl.O=C(NCC1CCCN(C(=O)c2cccc(Cl)c2[N+](=O)[O-])C1)C1CCCN1. The van der Waals surface area contributed by atoms with Gasteiger partial charge in [-0.2, -0.15) is 0 Å². The number of nitro benzene ring substituents is 1. The van der Waals surface area contributed by atoms with E-state index in [9.17, 15) is 19.7 Å². The number of carbonyl (C=O) groups excluding carboxylic acids is 2. The Morgan fingerprint density at radius 2 is 2.11 bits per heavy atom. The first-order valence-electron chi connectivity index (χ1n) is 9.20. The zero-order valence-corrected chi connectivity index (χ0v) is 16.9. The van der Waals surface area contributed by atoms with E-state index in [1.807, 2.05) is 0 Å². The average molecular weight is 431 g/mol. The van der Waals surface area contributed by atoms with Crippen LogP contribution in [-0.4, -0.2) is 53.9 Å². The van der Waals surface area contributed by atoms with Gasteiger partial charge in [0.15, 0.2) is 0 Å². The molecule has 10 heteroatoms. The molecule has 0 saturated carbocycles. The van der Waals surface area contributed by atoms with Gasteiger partial charge in [-0.25, -0.2) is 0 Å². The summed E-state index contributed by atoms with van der Waals surface area (Å²) in [6.07, 6.45) is 3.55. The zero-order chi connectivity index (χ0) is 19.4. The van der Waals surface area contributed by atoms with Gasteiger partial charge < -0.3 is 15.5 Å². The van der Waals surface area contributed by atoms with Crippen molar-refractivity contribution in [3.8, 4) is 0 Å². The normalized spacial score (nSPS) is 21.7. The average Bonchev–Trinajstić information content (AvgIpc) is 3.20. The fraction of sp³-hybridized carbons (Fsp3) is 0.556. The second-order valence-electron chi connectivity index (χ2n) is 7.05. The van der Waals surface area contributed by atoms with Gasteiger partial charge >= 0.3 is 5.69 Å². The third-order valence-corrected chi connectivity index (χ3v) is 5.45. The van der Waals surface area contributed by atoms with E-state index in [2.05, 4.69) is 10.6 Å². The van der Waals surface area contributed by atoms with Gasteiger partial charge in [0.05, 0.1) is 11.0 Å². The van der Waals surface area contributed by atoms with Gasteiger partial charge in [0.2, 0.25) is 5.91 Å². The van der Waals surface area contributed by atoms with E-state index in [0.717, 1.165) is 32.2 Å². The molecule has 2 atom stereocenters. The molecule has 2 N–H and O–H groups in total. The van der Waals surface area contributed by atoms with Crippen molar-refractivity contribution in [3.63, 3.8) is 0 Å². The van der Waals surface area contributed by atoms with Crippen LogP contribution in [0.2, 0.25) is 5.02 Å². The van der Waals surface area contributed by atoms with Crippen LogP contribution in [0.3, 0.4) is 0 Å². The van der Waals surface area contributed by atoms with Gasteiger partial charge in [0.25, 0.3) is 5.91 Å². The lowest BCUT2D eigenvalue weighted by molar-refractivity contribution is -0.385. The number of carbonyl (C=O) groups is 2. The number of piperidine rings is 1. The van der Waals surface area contributed by atoms with Crippen molar-refractivity contribution >= 4 is 41.5 Å². The molecule has 2 amide bonds. The van der Waals surface area contributed by atoms with E-state index < -0.39 is 10.8 Å². The van der Waals surface area contributed by atoms with Crippen LogP contribution in [0, 0.1) is 16.0 Å². The highest BCUT2D eigenvalue weighted by atomic mass is 35.5. The summed E-state index contributed by atoms with van der Waals surface area (Å²) in [7, 11) is 0. The quantitative estimate of drug-likeness (QED) is 0.550. The summed E-state index contributed by atoms with van der Waals surface area (Å²) in [5.74, 6) is -0.259. The molecule has 154 valence electrons. The van der Waals surface area contributed by atoms with Crippen molar-refractivity contribution in [2.24, 2.45) is 5.92 Å². The Bertz CT molecular complexity index is 740. The third-order valence-electron chi connectivity index (χ3n) is 5.15. The molecule has 2 saturated heterocycles. The van der Waals surface area contributed by atoms with Crippen LogP contribution in [0.15, 0.2) is 18.2 Å². The van der Waals surface area contributed by atoms with Crippen molar-refractivity contribution in [2.75, 3.05) is 26.2 Å². The van der Waals surface area contributed by atoms with Crippen LogP contribution < -0.4 is 10.6 Å². The van der Waals surface area contributed by atoms with Crippen molar-refractivity contribution in [1.29, 1.82) is 0 Å². The lowest BCUT2D eigenvalue weighted by atomic mass is 9.97. The van der Waals surface area contributed by atoms with Gasteiger partial charge in [-0.05, 0) is 50.3 Å². The molecule has 2 aliphatic rings. The summed E-state index contributed by atoms with van der Waals surface area (Å²) in [5, 5.41) is 17.4. The molecule has 0 bridgehead atoms. The summed E-state index contributed by atoms with van der Waals surface area (Å²) in [4.78, 5) is 37.3. The van der Waals surface area contributed by atoms with Gasteiger partial charge in [-0.1, -0.05) is 17.7 Å². The fourth-order valence-corrected chi connectivity index (χ4v) is 3.98. The minimum Gasteiger partial charge on any atom is -0.354 e. The number of hydrogen-bond donors (Lipinski definition) is 2. The fourth-order valence-electron chi connectivity index (χ4n) is 3.74. The Labute approximate surface area is 174 Å². The molecule has 3 rings (SSSR count). The lowest BCUT2D eigenvalue weighted by Gasteiger charge is -2.33. The Hall–Kier alpha value is -1.90. The largest absolute Gasteiger partial charge is 0.354 e. The number of nitrogens with zero attached hydrogens (tertiary/aromatic N) is 2. The summed E-state index contributed by atoms with van der Waals surface area (Å²) < 4.78 is 0. The Morgan fingerprint density at radius 1 is 1.32 bits per heavy atom. The first kappa shape index (κ1) is 22.4. The number of rotatable bonds is 5. The van der Waals surface area contributed by atoms with Crippen molar-refractivity contribution in [3.05, 3.63) is 38.9 Å². The Morgan fingerprint density at radius 3 is 2.79 bits per heavy atom. The van der Waals surface area contributed by atoms with Gasteiger partial charge in [0, 0.05) is 19.6 Å². The van der Waals surface area contributed by atoms with Crippen molar-refractivity contribution in [2.45, 2.75) is 31.7 Å². The predicted molar refractivity (Wildman–Crippen MR) is 108 cm³/mol. The number of nitrogens with one attached hydrogen (secondary N) is 2. The van der Waals surface area contributed by atoms with Crippen LogP contribution in [0.25, 0.3) is 0 Å². The van der Waals surface area contributed by atoms with Crippen LogP contribution in [0.5, 0.6) is 0 Å². The van der Waals surface area contributed by atoms with Crippen LogP contribution in [0.4, 0.5) is 5.69 Å². The van der Waals surface area contributed by atoms with E-state index in [-0.39, 0.29) is 46.5 Å². The lowest BCUT2D eigenvalue weighted by Crippen LogP contribution is -2.46. The molecule has 1 aromatic rings. The topological polar surface area (TPSA) is 105 Å². The third kappa shape index (κ3) is 5.12. The Kier molecular flexibility index (Phi) is 8.03. The molecular formula is C18H24Cl2N4O4. The summed E-state index contributed by atoms with van der Waals surface area (Å²) in [6, 6.07) is 4.25. The van der Waals surface area contributed by atoms with E-state index in [1.165, 1.54) is 12.1 Å². The predicted octanol–water partition coefficient (Wildman–Crippen LogP) is 2.39. The van der Waals surface area contributed by atoms with E-state index >= 15 is 0 Å². The van der Waals surface area contributed by atoms with Crippen LogP contribution in [0.1, 0.15) is 36.0 Å². The van der Waals surface area contributed by atoms with E-state index in [0.29, 0.717) is 19.6 Å². The standard InChI is InChI=1S/C18H23ClN4O4.ClH/c19-14-6-1-5-13(16(14)23(26)27)18(25)22-9-3-4-12(11-22)10-21-17(24)15-7-2-8-20-15;/h1,5-6,12,15,20H,2-4,7-11H2,(H,21,24);1H. The molecule has 0 spiro atoms. The molecule has 1 aromatic carbocycles. The number of amides is 2. The second kappa shape index (κ2) is 10.0. The number of likely N-dealkylation sites (tertiary alicyclic amines) is 1. The smallest absolute Gasteiger partial charge is 0.300 e. The molecule has 0 aliphatic carbocycles. The summed E-state index contributed by atoms with van der Waals surface area (Å²) in [6.45, 7) is 2.36. The van der Waals surface area contributed by atoms with Crippen molar-refractivity contribution in [1.82, 2.24) is 15.5 Å². The highest BCUT2D eigenvalue weighted by molar-refractivity contribution is 6.33. The first-order chi connectivity index (χ1) is 13.0. The van der Waals surface area contributed by atoms with E-state index in [1.54, 1.807) is 11.0 Å². The van der Waals surface area contributed by atoms with Gasteiger partial charge in [-0.3, -0.25) is 19.7 Å². The molecule has 28 heavy (non-hydrogen) atoms. The second-order valence-corrected chi connectivity index (χ2v) is 7.45. The maximum atomic E-state index is 12.8. The van der Waals surface area contributed by atoms with Crippen LogP contribution >= 0.6 is 24.0 Å². The van der Waals surface area contributed by atoms with Gasteiger partial charge in [0.1, 0.15) is 10.6 Å². The van der Waals surface area contributed by atoms with Gasteiger partial charge in [-0.15, -0.1) is 12.4 Å². The number of nitro groups is 1. The number of hydrogen-bond acceptors (Lipinski definition) is 5. The molecule has 8 nitrogen and oxygen atoms in total. The monoisotopic (exact) mass is 430 g/mol. The molecule has 2 unspecified atom stereocenters. The van der Waals surface area contributed by atoms with E-state index in [4.69, 9.17) is 11.6 Å². The van der Waals surface area contributed by atoms with Crippen LogP contribution in [-0.2, 0) is 4.79 Å². The zero-order valence-electron chi connectivity index (χ0n) is 15.4. The maximum absolute atomic E-state index is 12.8. The number of halogens is 2. The Balaban J connectivity index is 0.00000280. The molecule has 2 heterocycles. The highest BCUT2D eigenvalue weighted by Gasteiger charge is 2.31. The highest BCUT2D eigenvalue weighted by Crippen LogP contribution is 2.30. The minimum absolute atomic E-state index is 0. The number of para-hydroxylation sites is 1. The van der Waals surface area contributed by atoms with Crippen molar-refractivity contribution < 1.29 is 14.5 Å². The summed E-state index contributed by atoms with van der Waals surface area (Å²) >= 11 is 5.92. The maximum Gasteiger partial charge on any atom is 0.300 e. The first-order valence-corrected chi connectivity index (χ1v) is 9.58. The number of benzene rings is 1.